The summed E-state index contributed by atoms with van der Waals surface area (Å²) in [7, 11) is 0. The molecule has 0 aromatic heterocycles. The van der Waals surface area contributed by atoms with Crippen LogP contribution in [-0.2, 0) is 9.47 Å². The van der Waals surface area contributed by atoms with E-state index in [1.54, 1.807) is 0 Å². The first-order valence-corrected chi connectivity index (χ1v) is 4.92. The van der Waals surface area contributed by atoms with Crippen LogP contribution in [0.4, 0.5) is 0 Å². The Morgan fingerprint density at radius 2 is 2.17 bits per heavy atom. The van der Waals surface area contributed by atoms with Crippen molar-refractivity contribution in [3.8, 4) is 0 Å². The van der Waals surface area contributed by atoms with Gasteiger partial charge in [-0.2, -0.15) is 0 Å². The van der Waals surface area contributed by atoms with Crippen LogP contribution in [0, 0.1) is 6.92 Å². The summed E-state index contributed by atoms with van der Waals surface area (Å²) in [6, 6.07) is 0. The summed E-state index contributed by atoms with van der Waals surface area (Å²) in [5.41, 5.74) is 0. The number of hydrogen-bond acceptors (Lipinski definition) is 2. The molecule has 1 rings (SSSR count). The van der Waals surface area contributed by atoms with Gasteiger partial charge in [0.15, 0.2) is 0 Å². The van der Waals surface area contributed by atoms with E-state index in [-0.39, 0.29) is 0 Å². The van der Waals surface area contributed by atoms with Crippen LogP contribution in [0.25, 0.3) is 0 Å². The molecule has 1 atom stereocenters. The zero-order valence-electron chi connectivity index (χ0n) is 7.76. The van der Waals surface area contributed by atoms with Gasteiger partial charge in [-0.1, -0.05) is 6.92 Å². The van der Waals surface area contributed by atoms with E-state index in [9.17, 15) is 0 Å². The van der Waals surface area contributed by atoms with Crippen molar-refractivity contribution in [3.63, 3.8) is 0 Å². The Morgan fingerprint density at radius 1 is 1.33 bits per heavy atom. The van der Waals surface area contributed by atoms with Crippen LogP contribution in [0.3, 0.4) is 0 Å². The predicted octanol–water partition coefficient (Wildman–Crippen LogP) is 2.19. The lowest BCUT2D eigenvalue weighted by Gasteiger charge is -2.26. The van der Waals surface area contributed by atoms with Gasteiger partial charge in [0, 0.05) is 19.8 Å². The summed E-state index contributed by atoms with van der Waals surface area (Å²) in [5.74, 6) is 0. The van der Waals surface area contributed by atoms with Crippen LogP contribution in [-0.4, -0.2) is 25.9 Å². The highest BCUT2D eigenvalue weighted by Gasteiger charge is 2.16. The molecule has 1 fully saturated rings. The highest BCUT2D eigenvalue weighted by Crippen LogP contribution is 2.17. The Bertz CT molecular complexity index is 100. The van der Waals surface area contributed by atoms with Crippen LogP contribution in [0.15, 0.2) is 0 Å². The Hall–Kier alpha value is -0.0800. The van der Waals surface area contributed by atoms with E-state index >= 15 is 0 Å². The van der Waals surface area contributed by atoms with Gasteiger partial charge in [0.25, 0.3) is 0 Å². The molecule has 0 aromatic carbocycles. The maximum Gasteiger partial charge on any atom is 0.0597 e. The fraction of sp³-hybridized carbons (Fsp3) is 0.900. The van der Waals surface area contributed by atoms with Crippen LogP contribution < -0.4 is 0 Å². The topological polar surface area (TPSA) is 18.5 Å². The molecule has 2 nitrogen and oxygen atoms in total. The lowest BCUT2D eigenvalue weighted by Crippen LogP contribution is -2.26. The molecule has 0 spiro atoms. The molecule has 12 heavy (non-hydrogen) atoms. The molecule has 0 saturated carbocycles. The molecule has 2 heteroatoms. The number of hydrogen-bond donors (Lipinski definition) is 0. The van der Waals surface area contributed by atoms with Crippen molar-refractivity contribution < 1.29 is 9.47 Å². The first kappa shape index (κ1) is 10.0. The second-order valence-corrected chi connectivity index (χ2v) is 3.24. The van der Waals surface area contributed by atoms with E-state index < -0.39 is 0 Å². The van der Waals surface area contributed by atoms with E-state index in [0.29, 0.717) is 6.10 Å². The second kappa shape index (κ2) is 6.44. The Kier molecular flexibility index (Phi) is 5.37. The van der Waals surface area contributed by atoms with Crippen molar-refractivity contribution in [1.29, 1.82) is 0 Å². The number of unbranched alkanes of at least 4 members (excludes halogenated alkanes) is 1. The van der Waals surface area contributed by atoms with Crippen molar-refractivity contribution in [2.24, 2.45) is 0 Å². The smallest absolute Gasteiger partial charge is 0.0597 e. The van der Waals surface area contributed by atoms with Gasteiger partial charge in [0.05, 0.1) is 6.10 Å². The number of ether oxygens (including phenoxy) is 2. The SMILES string of the molecule is [CH2]CCOCCCCC1CCO1. The van der Waals surface area contributed by atoms with Gasteiger partial charge in [-0.05, 0) is 32.1 Å². The molecule has 1 heterocycles. The first-order chi connectivity index (χ1) is 5.93. The molecular formula is C10H19O2. The molecule has 1 aliphatic rings. The molecule has 0 N–H and O–H groups in total. The summed E-state index contributed by atoms with van der Waals surface area (Å²) in [6.07, 6.45) is 6.33. The molecule has 0 aromatic rings. The monoisotopic (exact) mass is 171 g/mol. The fourth-order valence-electron chi connectivity index (χ4n) is 1.29. The van der Waals surface area contributed by atoms with Crippen molar-refractivity contribution in [2.45, 2.75) is 38.2 Å². The standard InChI is InChI=1S/C10H19O2/c1-2-7-11-8-4-3-5-10-6-9-12-10/h10H,1-9H2. The number of rotatable bonds is 7. The molecule has 0 amide bonds. The van der Waals surface area contributed by atoms with Crippen LogP contribution in [0.2, 0.25) is 0 Å². The molecule has 0 bridgehead atoms. The quantitative estimate of drug-likeness (QED) is 0.547. The highest BCUT2D eigenvalue weighted by atomic mass is 16.5. The minimum absolute atomic E-state index is 0.567. The average molecular weight is 171 g/mol. The van der Waals surface area contributed by atoms with Gasteiger partial charge < -0.3 is 9.47 Å². The van der Waals surface area contributed by atoms with Crippen LogP contribution in [0.5, 0.6) is 0 Å². The third-order valence-corrected chi connectivity index (χ3v) is 2.15. The lowest BCUT2D eigenvalue weighted by atomic mass is 10.1. The molecule has 71 valence electrons. The van der Waals surface area contributed by atoms with Crippen molar-refractivity contribution in [3.05, 3.63) is 6.92 Å². The zero-order chi connectivity index (χ0) is 8.65. The minimum atomic E-state index is 0.567. The summed E-state index contributed by atoms with van der Waals surface area (Å²) >= 11 is 0. The van der Waals surface area contributed by atoms with Crippen LogP contribution in [0.1, 0.15) is 32.1 Å². The Morgan fingerprint density at radius 3 is 2.75 bits per heavy atom. The molecule has 1 aliphatic heterocycles. The van der Waals surface area contributed by atoms with E-state index in [4.69, 9.17) is 9.47 Å². The van der Waals surface area contributed by atoms with E-state index in [0.717, 1.165) is 26.2 Å². The van der Waals surface area contributed by atoms with Gasteiger partial charge in [-0.15, -0.1) is 0 Å². The van der Waals surface area contributed by atoms with Crippen LogP contribution >= 0.6 is 0 Å². The van der Waals surface area contributed by atoms with E-state index in [1.807, 2.05) is 0 Å². The second-order valence-electron chi connectivity index (χ2n) is 3.24. The third kappa shape index (κ3) is 4.07. The van der Waals surface area contributed by atoms with Crippen molar-refractivity contribution in [2.75, 3.05) is 19.8 Å². The maximum absolute atomic E-state index is 5.31. The first-order valence-electron chi connectivity index (χ1n) is 4.92. The highest BCUT2D eigenvalue weighted by molar-refractivity contribution is 4.65. The van der Waals surface area contributed by atoms with Gasteiger partial charge in [-0.25, -0.2) is 0 Å². The van der Waals surface area contributed by atoms with E-state index in [1.165, 1.54) is 25.7 Å². The summed E-state index contributed by atoms with van der Waals surface area (Å²) in [5, 5.41) is 0. The lowest BCUT2D eigenvalue weighted by molar-refractivity contribution is -0.0562. The van der Waals surface area contributed by atoms with Gasteiger partial charge in [-0.3, -0.25) is 0 Å². The van der Waals surface area contributed by atoms with Crippen molar-refractivity contribution in [1.82, 2.24) is 0 Å². The molecule has 1 radical (unpaired) electrons. The fourth-order valence-corrected chi connectivity index (χ4v) is 1.29. The molecule has 1 unspecified atom stereocenters. The zero-order valence-corrected chi connectivity index (χ0v) is 7.76. The average Bonchev–Trinajstić information content (AvgIpc) is 2.00. The molecule has 0 aliphatic carbocycles. The normalized spacial score (nSPS) is 22.2. The Balaban J connectivity index is 1.70. The van der Waals surface area contributed by atoms with Gasteiger partial charge >= 0.3 is 0 Å². The predicted molar refractivity (Wildman–Crippen MR) is 49.0 cm³/mol. The Labute approximate surface area is 75.2 Å². The molecular weight excluding hydrogens is 152 g/mol. The summed E-state index contributed by atoms with van der Waals surface area (Å²) in [4.78, 5) is 0. The van der Waals surface area contributed by atoms with E-state index in [2.05, 4.69) is 6.92 Å². The summed E-state index contributed by atoms with van der Waals surface area (Å²) in [6.45, 7) is 6.38. The maximum atomic E-state index is 5.31. The summed E-state index contributed by atoms with van der Waals surface area (Å²) < 4.78 is 10.6. The van der Waals surface area contributed by atoms with Gasteiger partial charge in [0.1, 0.15) is 0 Å². The largest absolute Gasteiger partial charge is 0.381 e. The van der Waals surface area contributed by atoms with Gasteiger partial charge in [0.2, 0.25) is 0 Å². The minimum Gasteiger partial charge on any atom is -0.381 e. The van der Waals surface area contributed by atoms with Crippen molar-refractivity contribution >= 4 is 0 Å². The third-order valence-electron chi connectivity index (χ3n) is 2.15. The molecule has 1 saturated heterocycles.